The molecule has 0 spiro atoms. The molecule has 0 saturated carbocycles. The molecule has 1 N–H and O–H groups in total. The summed E-state index contributed by atoms with van der Waals surface area (Å²) in [5.74, 6) is -0.965. The molecular weight excluding hydrogens is 180 g/mol. The number of hydrogen-bond donors (Lipinski definition) is 1. The number of carbonyl (C=O) groups is 1. The predicted octanol–water partition coefficient (Wildman–Crippen LogP) is 1.18. The summed E-state index contributed by atoms with van der Waals surface area (Å²) >= 11 is 5.58. The van der Waals surface area contributed by atoms with Crippen molar-refractivity contribution in [3.05, 3.63) is 29.6 Å². The third kappa shape index (κ3) is 2.75. The summed E-state index contributed by atoms with van der Waals surface area (Å²) in [6.07, 6.45) is 5.67. The molecule has 0 radical (unpaired) electrons. The number of aliphatic carboxylic acids is 1. The number of hydrogen-bond acceptors (Lipinski definition) is 2. The Kier molecular flexibility index (Phi) is 2.88. The minimum absolute atomic E-state index is 0.416. The van der Waals surface area contributed by atoms with Crippen LogP contribution in [-0.2, 0) is 11.3 Å². The Labute approximate surface area is 74.1 Å². The quantitative estimate of drug-likeness (QED) is 0.722. The first kappa shape index (κ1) is 8.80. The van der Waals surface area contributed by atoms with Crippen molar-refractivity contribution in [1.82, 2.24) is 9.78 Å². The zero-order valence-corrected chi connectivity index (χ0v) is 6.90. The van der Waals surface area contributed by atoms with Crippen molar-refractivity contribution in [3.63, 3.8) is 0 Å². The van der Waals surface area contributed by atoms with E-state index in [9.17, 15) is 4.79 Å². The van der Waals surface area contributed by atoms with Crippen molar-refractivity contribution in [2.24, 2.45) is 0 Å². The van der Waals surface area contributed by atoms with Crippen LogP contribution in [-0.4, -0.2) is 20.9 Å². The van der Waals surface area contributed by atoms with E-state index >= 15 is 0 Å². The minimum Gasteiger partial charge on any atom is -0.478 e. The van der Waals surface area contributed by atoms with E-state index in [2.05, 4.69) is 5.10 Å². The monoisotopic (exact) mass is 186 g/mol. The molecule has 0 fully saturated rings. The van der Waals surface area contributed by atoms with Gasteiger partial charge in [-0.3, -0.25) is 4.68 Å². The lowest BCUT2D eigenvalue weighted by Gasteiger charge is -1.91. The van der Waals surface area contributed by atoms with Gasteiger partial charge in [0.25, 0.3) is 0 Å². The van der Waals surface area contributed by atoms with E-state index in [1.165, 1.54) is 12.3 Å². The maximum Gasteiger partial charge on any atom is 0.328 e. The Balaban J connectivity index is 2.48. The van der Waals surface area contributed by atoms with Gasteiger partial charge >= 0.3 is 5.97 Å². The van der Waals surface area contributed by atoms with Crippen molar-refractivity contribution >= 4 is 17.6 Å². The van der Waals surface area contributed by atoms with Gasteiger partial charge in [0.05, 0.1) is 17.8 Å². The number of carboxylic acids is 1. The fraction of sp³-hybridized carbons (Fsp3) is 0.143. The van der Waals surface area contributed by atoms with Gasteiger partial charge in [-0.2, -0.15) is 5.10 Å². The van der Waals surface area contributed by atoms with Crippen LogP contribution in [0.2, 0.25) is 5.02 Å². The van der Waals surface area contributed by atoms with Gasteiger partial charge in [-0.05, 0) is 0 Å². The van der Waals surface area contributed by atoms with Crippen LogP contribution in [0.25, 0.3) is 0 Å². The number of halogens is 1. The molecule has 4 nitrogen and oxygen atoms in total. The third-order valence-electron chi connectivity index (χ3n) is 1.15. The molecule has 1 rings (SSSR count). The van der Waals surface area contributed by atoms with Gasteiger partial charge in [-0.1, -0.05) is 17.7 Å². The lowest BCUT2D eigenvalue weighted by molar-refractivity contribution is -0.131. The van der Waals surface area contributed by atoms with E-state index in [0.29, 0.717) is 11.6 Å². The summed E-state index contributed by atoms with van der Waals surface area (Å²) in [6, 6.07) is 0. The summed E-state index contributed by atoms with van der Waals surface area (Å²) in [6.45, 7) is 0.416. The molecule has 0 aliphatic rings. The summed E-state index contributed by atoms with van der Waals surface area (Å²) in [5.41, 5.74) is 0. The Hall–Kier alpha value is -1.29. The largest absolute Gasteiger partial charge is 0.478 e. The van der Waals surface area contributed by atoms with Gasteiger partial charge in [0.15, 0.2) is 0 Å². The molecule has 1 aromatic heterocycles. The highest BCUT2D eigenvalue weighted by Gasteiger charge is 1.92. The van der Waals surface area contributed by atoms with Crippen molar-refractivity contribution in [1.29, 1.82) is 0 Å². The van der Waals surface area contributed by atoms with E-state index < -0.39 is 5.97 Å². The summed E-state index contributed by atoms with van der Waals surface area (Å²) in [7, 11) is 0. The zero-order valence-electron chi connectivity index (χ0n) is 6.14. The normalized spacial score (nSPS) is 10.8. The molecule has 0 bridgehead atoms. The van der Waals surface area contributed by atoms with Crippen LogP contribution in [0.4, 0.5) is 0 Å². The number of nitrogens with zero attached hydrogens (tertiary/aromatic N) is 2. The fourth-order valence-corrected chi connectivity index (χ4v) is 0.856. The van der Waals surface area contributed by atoms with Gasteiger partial charge in [-0.25, -0.2) is 4.79 Å². The number of aromatic nitrogens is 2. The number of carboxylic acid groups (broad SMARTS) is 1. The number of allylic oxidation sites excluding steroid dienone is 1. The smallest absolute Gasteiger partial charge is 0.328 e. The molecule has 64 valence electrons. The lowest BCUT2D eigenvalue weighted by Crippen LogP contribution is -1.96. The Morgan fingerprint density at radius 1 is 1.83 bits per heavy atom. The van der Waals surface area contributed by atoms with Gasteiger partial charge < -0.3 is 5.11 Å². The SMILES string of the molecule is O=C(O)C=CCn1cc(Cl)cn1. The molecule has 0 saturated heterocycles. The molecule has 5 heteroatoms. The molecule has 1 heterocycles. The van der Waals surface area contributed by atoms with Crippen molar-refractivity contribution in [2.45, 2.75) is 6.54 Å². The molecule has 0 atom stereocenters. The average molecular weight is 187 g/mol. The van der Waals surface area contributed by atoms with Crippen molar-refractivity contribution in [2.75, 3.05) is 0 Å². The van der Waals surface area contributed by atoms with Crippen LogP contribution in [0, 0.1) is 0 Å². The molecule has 12 heavy (non-hydrogen) atoms. The second-order valence-electron chi connectivity index (χ2n) is 2.12. The van der Waals surface area contributed by atoms with Crippen LogP contribution in [0.3, 0.4) is 0 Å². The van der Waals surface area contributed by atoms with E-state index in [0.717, 1.165) is 6.08 Å². The van der Waals surface area contributed by atoms with Crippen molar-refractivity contribution < 1.29 is 9.90 Å². The van der Waals surface area contributed by atoms with Crippen molar-refractivity contribution in [3.8, 4) is 0 Å². The predicted molar refractivity (Wildman–Crippen MR) is 44.0 cm³/mol. The van der Waals surface area contributed by atoms with E-state index in [1.807, 2.05) is 0 Å². The van der Waals surface area contributed by atoms with Gasteiger partial charge in [0.1, 0.15) is 0 Å². The number of rotatable bonds is 3. The molecule has 0 aliphatic carbocycles. The van der Waals surface area contributed by atoms with Gasteiger partial charge in [0, 0.05) is 12.3 Å². The minimum atomic E-state index is -0.965. The van der Waals surface area contributed by atoms with Gasteiger partial charge in [0.2, 0.25) is 0 Å². The summed E-state index contributed by atoms with van der Waals surface area (Å²) in [4.78, 5) is 10.1. The van der Waals surface area contributed by atoms with E-state index in [4.69, 9.17) is 16.7 Å². The molecule has 0 aromatic carbocycles. The topological polar surface area (TPSA) is 55.1 Å². The first-order valence-electron chi connectivity index (χ1n) is 3.26. The van der Waals surface area contributed by atoms with E-state index in [-0.39, 0.29) is 0 Å². The van der Waals surface area contributed by atoms with E-state index in [1.54, 1.807) is 10.9 Å². The Morgan fingerprint density at radius 2 is 2.58 bits per heavy atom. The lowest BCUT2D eigenvalue weighted by atomic mass is 10.5. The highest BCUT2D eigenvalue weighted by Crippen LogP contribution is 2.04. The second kappa shape index (κ2) is 3.92. The molecule has 0 aliphatic heterocycles. The Morgan fingerprint density at radius 3 is 3.08 bits per heavy atom. The maximum atomic E-state index is 10.1. The average Bonchev–Trinajstić information content (AvgIpc) is 2.35. The second-order valence-corrected chi connectivity index (χ2v) is 2.56. The third-order valence-corrected chi connectivity index (χ3v) is 1.35. The van der Waals surface area contributed by atoms with Crippen LogP contribution in [0.5, 0.6) is 0 Å². The van der Waals surface area contributed by atoms with Crippen LogP contribution in [0.1, 0.15) is 0 Å². The standard InChI is InChI=1S/C7H7ClN2O2/c8-6-4-9-10(5-6)3-1-2-7(11)12/h1-2,4-5H,3H2,(H,11,12). The first-order chi connectivity index (χ1) is 5.68. The van der Waals surface area contributed by atoms with Crippen LogP contribution < -0.4 is 0 Å². The molecule has 1 aromatic rings. The fourth-order valence-electron chi connectivity index (χ4n) is 0.700. The van der Waals surface area contributed by atoms with Gasteiger partial charge in [-0.15, -0.1) is 0 Å². The molecule has 0 amide bonds. The summed E-state index contributed by atoms with van der Waals surface area (Å²) < 4.78 is 1.54. The molecule has 0 unspecified atom stereocenters. The highest BCUT2D eigenvalue weighted by atomic mass is 35.5. The zero-order chi connectivity index (χ0) is 8.97. The van der Waals surface area contributed by atoms with Crippen LogP contribution in [0.15, 0.2) is 24.5 Å². The first-order valence-corrected chi connectivity index (χ1v) is 3.63. The Bertz CT molecular complexity index is 306. The molecular formula is C7H7ClN2O2. The highest BCUT2D eigenvalue weighted by molar-refractivity contribution is 6.30. The maximum absolute atomic E-state index is 10.1. The van der Waals surface area contributed by atoms with Crippen LogP contribution >= 0.6 is 11.6 Å². The summed E-state index contributed by atoms with van der Waals surface area (Å²) in [5, 5.41) is 12.6.